The second kappa shape index (κ2) is 9.55. The Morgan fingerprint density at radius 3 is 2.08 bits per heavy atom. The zero-order chi connectivity index (χ0) is 27.1. The molecule has 2 aromatic heterocycles. The zero-order valence-electron chi connectivity index (χ0n) is 18.7. The molecule has 0 spiro atoms. The van der Waals surface area contributed by atoms with E-state index < -0.39 is 47.2 Å². The van der Waals surface area contributed by atoms with Gasteiger partial charge in [-0.1, -0.05) is 41.9 Å². The Bertz CT molecular complexity index is 1530. The maximum absolute atomic E-state index is 13.5. The molecule has 0 aliphatic heterocycles. The van der Waals surface area contributed by atoms with Crippen LogP contribution in [0.4, 0.5) is 26.3 Å². The van der Waals surface area contributed by atoms with E-state index in [1.807, 2.05) is 0 Å². The molecule has 0 saturated heterocycles. The van der Waals surface area contributed by atoms with Gasteiger partial charge in [0.2, 0.25) is 0 Å². The van der Waals surface area contributed by atoms with Gasteiger partial charge in [-0.25, -0.2) is 4.98 Å². The van der Waals surface area contributed by atoms with Crippen LogP contribution in [0.2, 0.25) is 5.02 Å². The van der Waals surface area contributed by atoms with Crippen LogP contribution in [-0.2, 0) is 28.5 Å². The molecule has 5 nitrogen and oxygen atoms in total. The second-order valence-electron chi connectivity index (χ2n) is 7.95. The van der Waals surface area contributed by atoms with Gasteiger partial charge < -0.3 is 4.74 Å². The molecule has 0 N–H and O–H groups in total. The van der Waals surface area contributed by atoms with E-state index in [-0.39, 0.29) is 33.6 Å². The average molecular weight is 541 g/mol. The number of carbonyl (C=O) groups is 1. The Morgan fingerprint density at radius 1 is 0.946 bits per heavy atom. The normalized spacial score (nSPS) is 12.1. The van der Waals surface area contributed by atoms with Crippen molar-refractivity contribution in [2.45, 2.75) is 25.9 Å². The van der Waals surface area contributed by atoms with E-state index in [0.29, 0.717) is 17.7 Å². The Kier molecular flexibility index (Phi) is 6.76. The molecule has 2 heterocycles. The van der Waals surface area contributed by atoms with Gasteiger partial charge in [-0.2, -0.15) is 26.3 Å². The van der Waals surface area contributed by atoms with Crippen LogP contribution >= 0.6 is 11.6 Å². The smallest absolute Gasteiger partial charge is 0.416 e. The summed E-state index contributed by atoms with van der Waals surface area (Å²) in [5, 5.41) is -0.135. The third kappa shape index (κ3) is 5.46. The van der Waals surface area contributed by atoms with Gasteiger partial charge in [0.15, 0.2) is 0 Å². The van der Waals surface area contributed by atoms with Gasteiger partial charge in [0.25, 0.3) is 5.56 Å². The average Bonchev–Trinajstić information content (AvgIpc) is 2.82. The molecule has 4 rings (SSSR count). The lowest BCUT2D eigenvalue weighted by Gasteiger charge is -2.17. The molecule has 2 aromatic carbocycles. The first-order chi connectivity index (χ1) is 17.3. The van der Waals surface area contributed by atoms with E-state index in [2.05, 4.69) is 4.98 Å². The van der Waals surface area contributed by atoms with Crippen molar-refractivity contribution in [3.63, 3.8) is 0 Å². The van der Waals surface area contributed by atoms with Crippen LogP contribution in [0.5, 0.6) is 0 Å². The van der Waals surface area contributed by atoms with Crippen LogP contribution < -0.4 is 5.56 Å². The maximum Gasteiger partial charge on any atom is 0.416 e. The molecular weight excluding hydrogens is 526 g/mol. The van der Waals surface area contributed by atoms with Gasteiger partial charge in [-0.05, 0) is 35.4 Å². The summed E-state index contributed by atoms with van der Waals surface area (Å²) >= 11 is 6.14. The van der Waals surface area contributed by atoms with Gasteiger partial charge in [0, 0.05) is 18.7 Å². The molecule has 0 radical (unpaired) electrons. The molecule has 0 atom stereocenters. The molecule has 0 saturated carbocycles. The number of hydrogen-bond donors (Lipinski definition) is 0. The lowest BCUT2D eigenvalue weighted by Crippen LogP contribution is -2.21. The lowest BCUT2D eigenvalue weighted by molar-refractivity contribution is -0.143. The second-order valence-corrected chi connectivity index (χ2v) is 8.38. The summed E-state index contributed by atoms with van der Waals surface area (Å²) in [6.07, 6.45) is -9.03. The molecule has 0 unspecified atom stereocenters. The molecule has 12 heteroatoms. The fraction of sp³-hybridized carbons (Fsp3) is 0.160. The third-order valence-corrected chi connectivity index (χ3v) is 5.55. The molecule has 192 valence electrons. The van der Waals surface area contributed by atoms with E-state index in [9.17, 15) is 35.9 Å². The van der Waals surface area contributed by atoms with Crippen molar-refractivity contribution < 1.29 is 35.9 Å². The minimum absolute atomic E-state index is 0.00449. The lowest BCUT2D eigenvalue weighted by atomic mass is 9.99. The fourth-order valence-corrected chi connectivity index (χ4v) is 3.95. The first kappa shape index (κ1) is 26.2. The predicted molar refractivity (Wildman–Crippen MR) is 123 cm³/mol. The van der Waals surface area contributed by atoms with Crippen molar-refractivity contribution in [3.05, 3.63) is 93.0 Å². The Labute approximate surface area is 209 Å². The molecule has 37 heavy (non-hydrogen) atoms. The van der Waals surface area contributed by atoms with Crippen molar-refractivity contribution in [3.8, 4) is 22.3 Å². The number of ether oxygens (including phenoxy) is 1. The van der Waals surface area contributed by atoms with Crippen molar-refractivity contribution >= 4 is 23.2 Å². The molecule has 4 aromatic rings. The van der Waals surface area contributed by atoms with Gasteiger partial charge >= 0.3 is 18.3 Å². The quantitative estimate of drug-likeness (QED) is 0.211. The van der Waals surface area contributed by atoms with Gasteiger partial charge in [0.05, 0.1) is 27.4 Å². The summed E-state index contributed by atoms with van der Waals surface area (Å²) in [5.41, 5.74) is -4.47. The van der Waals surface area contributed by atoms with Gasteiger partial charge in [0.1, 0.15) is 12.3 Å². The van der Waals surface area contributed by atoms with Crippen molar-refractivity contribution in [2.24, 2.45) is 0 Å². The third-order valence-electron chi connectivity index (χ3n) is 5.34. The van der Waals surface area contributed by atoms with Gasteiger partial charge in [-0.15, -0.1) is 0 Å². The van der Waals surface area contributed by atoms with Crippen LogP contribution in [0, 0.1) is 0 Å². The summed E-state index contributed by atoms with van der Waals surface area (Å²) in [4.78, 5) is 29.3. The number of halogens is 7. The summed E-state index contributed by atoms with van der Waals surface area (Å²) in [5.74, 6) is -0.690. The molecular formula is C25H15ClF6N2O3. The largest absolute Gasteiger partial charge is 0.459 e. The number of aromatic nitrogens is 2. The fourth-order valence-electron chi connectivity index (χ4n) is 3.74. The molecule has 0 amide bonds. The number of nitrogens with zero attached hydrogens (tertiary/aromatic N) is 2. The van der Waals surface area contributed by atoms with Crippen molar-refractivity contribution in [1.82, 2.24) is 9.38 Å². The van der Waals surface area contributed by atoms with Crippen molar-refractivity contribution in [2.75, 3.05) is 0 Å². The van der Waals surface area contributed by atoms with Crippen LogP contribution in [0.25, 0.3) is 27.9 Å². The summed E-state index contributed by atoms with van der Waals surface area (Å²) in [7, 11) is 0. The minimum atomic E-state index is -5.09. The van der Waals surface area contributed by atoms with E-state index in [4.69, 9.17) is 16.3 Å². The zero-order valence-corrected chi connectivity index (χ0v) is 19.5. The van der Waals surface area contributed by atoms with E-state index >= 15 is 0 Å². The number of carbonyl (C=O) groups excluding carboxylic acids is 1. The number of esters is 1. The molecule has 0 fully saturated rings. The minimum Gasteiger partial charge on any atom is -0.459 e. The molecule has 0 aliphatic carbocycles. The van der Waals surface area contributed by atoms with E-state index in [1.54, 1.807) is 30.3 Å². The number of benzene rings is 2. The monoisotopic (exact) mass is 540 g/mol. The number of alkyl halides is 6. The topological polar surface area (TPSA) is 60.7 Å². The standard InChI is InChI=1S/C25H15ClF6N2O3/c1-13(35)37-12-20-21(14-5-3-2-4-6-14)23(36)34-11-18(26)10-19(22(34)33-20)15-7-16(24(27,28)29)9-17(8-15)25(30,31)32/h2-11H,12H2,1H3. The first-order valence-electron chi connectivity index (χ1n) is 10.5. The summed E-state index contributed by atoms with van der Waals surface area (Å²) in [6.45, 7) is 0.659. The Hall–Kier alpha value is -3.86. The summed E-state index contributed by atoms with van der Waals surface area (Å²) in [6, 6.07) is 10.3. The number of fused-ring (bicyclic) bond motifs is 1. The van der Waals surface area contributed by atoms with Crippen LogP contribution in [0.3, 0.4) is 0 Å². The predicted octanol–water partition coefficient (Wildman–Crippen LogP) is 6.78. The highest BCUT2D eigenvalue weighted by Crippen LogP contribution is 2.40. The first-order valence-corrected chi connectivity index (χ1v) is 10.9. The van der Waals surface area contributed by atoms with Crippen LogP contribution in [-0.4, -0.2) is 15.4 Å². The highest BCUT2D eigenvalue weighted by molar-refractivity contribution is 6.31. The molecule has 0 bridgehead atoms. The number of pyridine rings is 1. The van der Waals surface area contributed by atoms with E-state index in [1.165, 1.54) is 0 Å². The maximum atomic E-state index is 13.5. The van der Waals surface area contributed by atoms with Crippen LogP contribution in [0.1, 0.15) is 23.7 Å². The summed E-state index contributed by atoms with van der Waals surface area (Å²) < 4.78 is 86.8. The Morgan fingerprint density at radius 2 is 1.54 bits per heavy atom. The highest BCUT2D eigenvalue weighted by Gasteiger charge is 2.37. The Balaban J connectivity index is 2.09. The highest BCUT2D eigenvalue weighted by atomic mass is 35.5. The number of rotatable bonds is 4. The SMILES string of the molecule is CC(=O)OCc1nc2c(-c3cc(C(F)(F)F)cc(C(F)(F)F)c3)cc(Cl)cn2c(=O)c1-c1ccccc1. The number of hydrogen-bond acceptors (Lipinski definition) is 4. The molecule has 0 aliphatic rings. The van der Waals surface area contributed by atoms with Crippen LogP contribution in [0.15, 0.2) is 65.6 Å². The van der Waals surface area contributed by atoms with E-state index in [0.717, 1.165) is 23.6 Å². The van der Waals surface area contributed by atoms with Crippen molar-refractivity contribution in [1.29, 1.82) is 0 Å². The van der Waals surface area contributed by atoms with Gasteiger partial charge in [-0.3, -0.25) is 14.0 Å².